The van der Waals surface area contributed by atoms with Crippen LogP contribution in [0.4, 0.5) is 5.69 Å². The van der Waals surface area contributed by atoms with E-state index in [1.807, 2.05) is 31.2 Å². The summed E-state index contributed by atoms with van der Waals surface area (Å²) in [5, 5.41) is 3.38. The molecule has 0 atom stereocenters. The Bertz CT molecular complexity index is 451. The van der Waals surface area contributed by atoms with Crippen molar-refractivity contribution < 1.29 is 9.53 Å². The molecule has 0 radical (unpaired) electrons. The molecule has 0 unspecified atom stereocenters. The lowest BCUT2D eigenvalue weighted by atomic mass is 9.79. The minimum atomic E-state index is -0.638. The van der Waals surface area contributed by atoms with Gasteiger partial charge in [-0.05, 0) is 44.2 Å². The van der Waals surface area contributed by atoms with Gasteiger partial charge in [-0.2, -0.15) is 0 Å². The van der Waals surface area contributed by atoms with Gasteiger partial charge in [0.1, 0.15) is 5.54 Å². The Morgan fingerprint density at radius 2 is 2.00 bits per heavy atom. The van der Waals surface area contributed by atoms with Crippen molar-refractivity contribution >= 4 is 11.6 Å². The summed E-state index contributed by atoms with van der Waals surface area (Å²) in [6, 6.07) is 7.96. The monoisotopic (exact) mass is 262 g/mol. The molecule has 1 saturated carbocycles. The maximum absolute atomic E-state index is 11.9. The van der Waals surface area contributed by atoms with Crippen molar-refractivity contribution in [2.24, 2.45) is 5.73 Å². The van der Waals surface area contributed by atoms with Crippen LogP contribution in [0.15, 0.2) is 24.3 Å². The molecule has 0 saturated heterocycles. The van der Waals surface area contributed by atoms with E-state index in [9.17, 15) is 4.79 Å². The molecule has 1 aliphatic carbocycles. The number of methoxy groups -OCH3 is 1. The number of carbonyl (C=O) groups is 1. The predicted octanol–water partition coefficient (Wildman–Crippen LogP) is 2.22. The van der Waals surface area contributed by atoms with Gasteiger partial charge in [0.15, 0.2) is 0 Å². The number of hydrogen-bond donors (Lipinski definition) is 2. The van der Waals surface area contributed by atoms with Gasteiger partial charge in [-0.3, -0.25) is 4.79 Å². The van der Waals surface area contributed by atoms with Crippen LogP contribution in [0.1, 0.15) is 31.2 Å². The van der Waals surface area contributed by atoms with E-state index in [4.69, 9.17) is 10.5 Å². The smallest absolute Gasteiger partial charge is 0.243 e. The van der Waals surface area contributed by atoms with E-state index in [2.05, 4.69) is 5.32 Å². The Kier molecular flexibility index (Phi) is 4.10. The number of nitrogens with one attached hydrogen (secondary N) is 1. The number of primary amides is 1. The van der Waals surface area contributed by atoms with Crippen molar-refractivity contribution in [3.05, 3.63) is 29.8 Å². The van der Waals surface area contributed by atoms with E-state index in [1.165, 1.54) is 0 Å². The number of benzene rings is 1. The number of nitrogens with two attached hydrogens (primary N) is 1. The van der Waals surface area contributed by atoms with Crippen LogP contribution in [0, 0.1) is 6.92 Å². The Labute approximate surface area is 114 Å². The third kappa shape index (κ3) is 2.89. The zero-order chi connectivity index (χ0) is 13.9. The SMILES string of the molecule is COC1CCC(Nc2ccccc2C)(C(N)=O)CC1. The molecule has 1 aliphatic rings. The fourth-order valence-electron chi connectivity index (χ4n) is 2.72. The molecule has 1 amide bonds. The highest BCUT2D eigenvalue weighted by Crippen LogP contribution is 2.33. The number of anilines is 1. The minimum absolute atomic E-state index is 0.242. The molecule has 104 valence electrons. The lowest BCUT2D eigenvalue weighted by Gasteiger charge is -2.39. The molecule has 1 fully saturated rings. The number of ether oxygens (including phenoxy) is 1. The summed E-state index contributed by atoms with van der Waals surface area (Å²) in [5.41, 5.74) is 7.11. The highest BCUT2D eigenvalue weighted by molar-refractivity contribution is 5.88. The third-order valence-corrected chi connectivity index (χ3v) is 4.11. The quantitative estimate of drug-likeness (QED) is 0.874. The second-order valence-corrected chi connectivity index (χ2v) is 5.32. The third-order valence-electron chi connectivity index (χ3n) is 4.11. The molecular formula is C15H22N2O2. The summed E-state index contributed by atoms with van der Waals surface area (Å²) >= 11 is 0. The average Bonchev–Trinajstić information content (AvgIpc) is 2.42. The molecule has 0 aliphatic heterocycles. The number of carbonyl (C=O) groups excluding carboxylic acids is 1. The van der Waals surface area contributed by atoms with Gasteiger partial charge in [-0.1, -0.05) is 18.2 Å². The first kappa shape index (κ1) is 13.9. The van der Waals surface area contributed by atoms with E-state index in [0.29, 0.717) is 0 Å². The van der Waals surface area contributed by atoms with Crippen LogP contribution in [-0.2, 0) is 9.53 Å². The Morgan fingerprint density at radius 3 is 2.53 bits per heavy atom. The number of amides is 1. The highest BCUT2D eigenvalue weighted by atomic mass is 16.5. The van der Waals surface area contributed by atoms with E-state index in [-0.39, 0.29) is 12.0 Å². The number of aryl methyl sites for hydroxylation is 1. The first-order chi connectivity index (χ1) is 9.07. The molecule has 0 aromatic heterocycles. The first-order valence-corrected chi connectivity index (χ1v) is 6.74. The van der Waals surface area contributed by atoms with Crippen molar-refractivity contribution in [2.45, 2.75) is 44.2 Å². The van der Waals surface area contributed by atoms with Gasteiger partial charge in [0, 0.05) is 12.8 Å². The van der Waals surface area contributed by atoms with Gasteiger partial charge < -0.3 is 15.8 Å². The first-order valence-electron chi connectivity index (χ1n) is 6.74. The van der Waals surface area contributed by atoms with Crippen LogP contribution in [0.2, 0.25) is 0 Å². The van der Waals surface area contributed by atoms with Gasteiger partial charge in [0.25, 0.3) is 0 Å². The van der Waals surface area contributed by atoms with Crippen LogP contribution in [-0.4, -0.2) is 24.7 Å². The van der Waals surface area contributed by atoms with E-state index in [1.54, 1.807) is 7.11 Å². The Hall–Kier alpha value is -1.55. The molecule has 0 spiro atoms. The lowest BCUT2D eigenvalue weighted by Crippen LogP contribution is -2.53. The summed E-state index contributed by atoms with van der Waals surface area (Å²) in [4.78, 5) is 11.9. The Morgan fingerprint density at radius 1 is 1.37 bits per heavy atom. The number of rotatable bonds is 4. The van der Waals surface area contributed by atoms with Gasteiger partial charge in [-0.25, -0.2) is 0 Å². The van der Waals surface area contributed by atoms with Gasteiger partial charge in [-0.15, -0.1) is 0 Å². The minimum Gasteiger partial charge on any atom is -0.381 e. The maximum Gasteiger partial charge on any atom is 0.243 e. The standard InChI is InChI=1S/C15H22N2O2/c1-11-5-3-4-6-13(11)17-15(14(16)18)9-7-12(19-2)8-10-15/h3-6,12,17H,7-10H2,1-2H3,(H2,16,18). The maximum atomic E-state index is 11.9. The summed E-state index contributed by atoms with van der Waals surface area (Å²) in [7, 11) is 1.72. The molecule has 19 heavy (non-hydrogen) atoms. The number of para-hydroxylation sites is 1. The fourth-order valence-corrected chi connectivity index (χ4v) is 2.72. The molecule has 2 rings (SSSR count). The second-order valence-electron chi connectivity index (χ2n) is 5.32. The van der Waals surface area contributed by atoms with E-state index >= 15 is 0 Å². The Balaban J connectivity index is 2.18. The van der Waals surface area contributed by atoms with Crippen molar-refractivity contribution in [1.82, 2.24) is 0 Å². The van der Waals surface area contributed by atoms with Crippen LogP contribution >= 0.6 is 0 Å². The zero-order valence-electron chi connectivity index (χ0n) is 11.6. The largest absolute Gasteiger partial charge is 0.381 e. The molecule has 1 aromatic rings. The van der Waals surface area contributed by atoms with Crippen molar-refractivity contribution in [2.75, 3.05) is 12.4 Å². The zero-order valence-corrected chi connectivity index (χ0v) is 11.6. The molecule has 3 N–H and O–H groups in total. The molecular weight excluding hydrogens is 240 g/mol. The van der Waals surface area contributed by atoms with Crippen LogP contribution in [0.3, 0.4) is 0 Å². The summed E-state index contributed by atoms with van der Waals surface area (Å²) in [6.45, 7) is 2.03. The summed E-state index contributed by atoms with van der Waals surface area (Å²) in [6.07, 6.45) is 3.40. The normalized spacial score (nSPS) is 26.9. The summed E-state index contributed by atoms with van der Waals surface area (Å²) < 4.78 is 5.36. The summed E-state index contributed by atoms with van der Waals surface area (Å²) in [5.74, 6) is -0.273. The molecule has 4 nitrogen and oxygen atoms in total. The molecule has 0 bridgehead atoms. The molecule has 4 heteroatoms. The molecule has 1 aromatic carbocycles. The fraction of sp³-hybridized carbons (Fsp3) is 0.533. The average molecular weight is 262 g/mol. The van der Waals surface area contributed by atoms with E-state index in [0.717, 1.165) is 36.9 Å². The van der Waals surface area contributed by atoms with Crippen LogP contribution in [0.5, 0.6) is 0 Å². The molecule has 0 heterocycles. The van der Waals surface area contributed by atoms with Crippen molar-refractivity contribution in [3.63, 3.8) is 0 Å². The second kappa shape index (κ2) is 5.61. The highest BCUT2D eigenvalue weighted by Gasteiger charge is 2.40. The lowest BCUT2D eigenvalue weighted by molar-refractivity contribution is -0.124. The van der Waals surface area contributed by atoms with Gasteiger partial charge in [0.2, 0.25) is 5.91 Å². The van der Waals surface area contributed by atoms with Gasteiger partial charge >= 0.3 is 0 Å². The predicted molar refractivity (Wildman–Crippen MR) is 76.0 cm³/mol. The topological polar surface area (TPSA) is 64.3 Å². The van der Waals surface area contributed by atoms with Crippen molar-refractivity contribution in [1.29, 1.82) is 0 Å². The van der Waals surface area contributed by atoms with Crippen LogP contribution in [0.25, 0.3) is 0 Å². The van der Waals surface area contributed by atoms with E-state index < -0.39 is 5.54 Å². The van der Waals surface area contributed by atoms with Gasteiger partial charge in [0.05, 0.1) is 6.10 Å². The van der Waals surface area contributed by atoms with Crippen molar-refractivity contribution in [3.8, 4) is 0 Å². The van der Waals surface area contributed by atoms with Crippen LogP contribution < -0.4 is 11.1 Å². The number of hydrogen-bond acceptors (Lipinski definition) is 3.